The van der Waals surface area contributed by atoms with Gasteiger partial charge in [0.2, 0.25) is 0 Å². The number of aliphatic hydroxyl groups excluding tert-OH is 1. The molecule has 2 aromatic rings. The van der Waals surface area contributed by atoms with Gasteiger partial charge in [-0.15, -0.1) is 0 Å². The summed E-state index contributed by atoms with van der Waals surface area (Å²) in [4.78, 5) is 59.2. The molecule has 2 saturated heterocycles. The number of Topliss-reactive ketones (excluding diaryl/α,β-unsaturated/α-hetero) is 1. The summed E-state index contributed by atoms with van der Waals surface area (Å²) in [6.07, 6.45) is 7.25. The van der Waals surface area contributed by atoms with Gasteiger partial charge in [-0.3, -0.25) is 19.6 Å². The molecule has 6 aliphatic rings. The van der Waals surface area contributed by atoms with Crippen LogP contribution in [0.4, 0.5) is 10.5 Å². The number of aromatic hydroxyl groups is 2. The number of methoxy groups -OCH3 is 1. The fraction of sp³-hybridized carbons (Fsp3) is 0.620. The van der Waals surface area contributed by atoms with Crippen LogP contribution in [0, 0.1) is 36.5 Å². The van der Waals surface area contributed by atoms with Crippen LogP contribution in [0.5, 0.6) is 17.2 Å². The lowest BCUT2D eigenvalue weighted by molar-refractivity contribution is -0.112. The van der Waals surface area contributed by atoms with E-state index in [1.165, 1.54) is 20.3 Å². The number of hydrogen-bond acceptors (Lipinski definition) is 14. The molecule has 3 unspecified atom stereocenters. The summed E-state index contributed by atoms with van der Waals surface area (Å²) in [7, 11) is 3.54. The Hall–Kier alpha value is -5.03. The van der Waals surface area contributed by atoms with E-state index in [2.05, 4.69) is 29.0 Å². The number of nitrogens with one attached hydrogen (secondary N) is 1. The van der Waals surface area contributed by atoms with E-state index in [9.17, 15) is 29.7 Å². The number of piperazine rings is 1. The predicted octanol–water partition coefficient (Wildman–Crippen LogP) is 5.60. The number of rotatable bonds is 4. The third kappa shape index (κ3) is 9.43. The van der Waals surface area contributed by atoms with Crippen LogP contribution in [0.15, 0.2) is 46.1 Å². The van der Waals surface area contributed by atoms with Crippen LogP contribution >= 0.6 is 0 Å². The van der Waals surface area contributed by atoms with Crippen LogP contribution in [0.25, 0.3) is 10.8 Å². The molecule has 66 heavy (non-hydrogen) atoms. The molecule has 8 atom stereocenters. The van der Waals surface area contributed by atoms with Crippen molar-refractivity contribution in [3.8, 4) is 17.2 Å². The molecular weight excluding hydrogens is 845 g/mol. The zero-order chi connectivity index (χ0) is 48.0. The van der Waals surface area contributed by atoms with Gasteiger partial charge >= 0.3 is 11.9 Å². The quantitative estimate of drug-likeness (QED) is 0.278. The van der Waals surface area contributed by atoms with Gasteiger partial charge in [0.05, 0.1) is 34.8 Å². The second-order valence-corrected chi connectivity index (χ2v) is 20.0. The molecule has 6 aliphatic heterocycles. The molecule has 6 heterocycles. The molecule has 2 aromatic carbocycles. The molecule has 0 aromatic heterocycles. The second-order valence-electron chi connectivity index (χ2n) is 20.0. The number of phenols is 2. The summed E-state index contributed by atoms with van der Waals surface area (Å²) in [5.74, 6) is -4.56. The number of nitrogens with zero attached hydrogens (tertiary/aromatic N) is 5. The number of aliphatic hydroxyl groups is 1. The normalized spacial score (nSPS) is 31.7. The van der Waals surface area contributed by atoms with E-state index in [0.29, 0.717) is 56.9 Å². The summed E-state index contributed by atoms with van der Waals surface area (Å²) in [6, 6.07) is 0. The number of likely N-dealkylation sites (tertiary alicyclic amines) is 1. The SMILES string of the molecule is CO[C@H]1/C=C/OC2(C)Oc3c(C)c(O)c4c(O)c(c5c(c4c3C2=O)=NC2(CCN(CC(C)C)CC2)N=5)NC(=O)/C(C)=C\C=C\[C@H](C)C[C@@H](C)C(O)[C@@H](C)C(OC(=O)N2CCN(C)CC2)[C@@H]1C. The monoisotopic (exact) mass is 915 g/mol. The minimum atomic E-state index is -1.94. The molecule has 2 fully saturated rings. The van der Waals surface area contributed by atoms with Gasteiger partial charge in [-0.25, -0.2) is 4.79 Å². The average Bonchev–Trinajstić information content (AvgIpc) is 3.77. The lowest BCUT2D eigenvalue weighted by Gasteiger charge is -2.39. The Kier molecular flexibility index (Phi) is 14.3. The number of anilines is 1. The molecule has 16 nitrogen and oxygen atoms in total. The first-order chi connectivity index (χ1) is 31.2. The molecule has 0 saturated carbocycles. The van der Waals surface area contributed by atoms with Crippen molar-refractivity contribution in [1.29, 1.82) is 0 Å². The predicted molar refractivity (Wildman–Crippen MR) is 250 cm³/mol. The molecule has 4 N–H and O–H groups in total. The zero-order valence-corrected chi connectivity index (χ0v) is 40.5. The van der Waals surface area contributed by atoms with Gasteiger partial charge in [0.25, 0.3) is 11.7 Å². The number of phenolic OH excluding ortho intramolecular Hbond substituents is 2. The number of benzene rings is 2. The van der Waals surface area contributed by atoms with E-state index in [-0.39, 0.29) is 61.6 Å². The lowest BCUT2D eigenvalue weighted by Crippen LogP contribution is -2.50. The van der Waals surface area contributed by atoms with Crippen LogP contribution in [-0.2, 0) is 19.0 Å². The van der Waals surface area contributed by atoms with Crippen molar-refractivity contribution in [2.75, 3.05) is 65.3 Å². The van der Waals surface area contributed by atoms with Crippen molar-refractivity contribution in [2.45, 2.75) is 111 Å². The molecule has 0 radical (unpaired) electrons. The van der Waals surface area contributed by atoms with Gasteiger partial charge in [0.1, 0.15) is 28.6 Å². The Morgan fingerprint density at radius 2 is 1.62 bits per heavy atom. The van der Waals surface area contributed by atoms with E-state index >= 15 is 0 Å². The van der Waals surface area contributed by atoms with E-state index in [0.717, 1.165) is 19.6 Å². The molecule has 8 rings (SSSR count). The summed E-state index contributed by atoms with van der Waals surface area (Å²) in [5, 5.41) is 39.4. The second kappa shape index (κ2) is 19.3. The van der Waals surface area contributed by atoms with Crippen molar-refractivity contribution in [2.24, 2.45) is 39.6 Å². The first-order valence-electron chi connectivity index (χ1n) is 23.5. The summed E-state index contributed by atoms with van der Waals surface area (Å²) < 4.78 is 24.9. The molecule has 2 amide bonds. The van der Waals surface area contributed by atoms with E-state index in [1.807, 2.05) is 40.8 Å². The number of ether oxygens (including phenoxy) is 4. The van der Waals surface area contributed by atoms with Gasteiger partial charge in [-0.1, -0.05) is 59.8 Å². The first kappa shape index (κ1) is 48.9. The minimum absolute atomic E-state index is 0.00884. The summed E-state index contributed by atoms with van der Waals surface area (Å²) in [5.41, 5.74) is -0.382. The van der Waals surface area contributed by atoms with Gasteiger partial charge in [0.15, 0.2) is 11.4 Å². The largest absolute Gasteiger partial charge is 0.507 e. The van der Waals surface area contributed by atoms with E-state index in [4.69, 9.17) is 28.9 Å². The van der Waals surface area contributed by atoms with Crippen LogP contribution in [0.1, 0.15) is 90.6 Å². The molecule has 0 aliphatic carbocycles. The Balaban J connectivity index is 1.34. The molecule has 16 heteroatoms. The number of hydrogen-bond donors (Lipinski definition) is 4. The van der Waals surface area contributed by atoms with E-state index < -0.39 is 65.1 Å². The number of allylic oxidation sites excluding steroid dienone is 3. The number of carbonyl (C=O) groups is 3. The van der Waals surface area contributed by atoms with Crippen LogP contribution in [0.3, 0.4) is 0 Å². The molecule has 1 spiro atoms. The smallest absolute Gasteiger partial charge is 0.410 e. The molecular formula is C50H70N6O10. The maximum Gasteiger partial charge on any atom is 0.410 e. The Morgan fingerprint density at radius 1 is 0.955 bits per heavy atom. The van der Waals surface area contributed by atoms with Gasteiger partial charge in [-0.05, 0) is 51.1 Å². The van der Waals surface area contributed by atoms with Crippen LogP contribution in [0.2, 0.25) is 0 Å². The highest BCUT2D eigenvalue weighted by atomic mass is 16.7. The highest BCUT2D eigenvalue weighted by molar-refractivity contribution is 6.19. The van der Waals surface area contributed by atoms with Crippen molar-refractivity contribution >= 4 is 34.2 Å². The fourth-order valence-corrected chi connectivity index (χ4v) is 10.3. The Morgan fingerprint density at radius 3 is 2.27 bits per heavy atom. The first-order valence-corrected chi connectivity index (χ1v) is 23.5. The average molecular weight is 915 g/mol. The van der Waals surface area contributed by atoms with Gasteiger partial charge in [0, 0.05) is 101 Å². The highest BCUT2D eigenvalue weighted by Gasteiger charge is 2.50. The van der Waals surface area contributed by atoms with Crippen LogP contribution in [-0.4, -0.2) is 138 Å². The number of likely N-dealkylation sites (N-methyl/N-ethyl adjacent to an activating group) is 1. The van der Waals surface area contributed by atoms with E-state index in [1.54, 1.807) is 37.0 Å². The fourth-order valence-electron chi connectivity index (χ4n) is 10.3. The standard InChI is InChI=1S/C50H70N6O10/c1-27(2)26-55-18-16-50(17-19-55)52-38-35-36-42(58)33(8)45-37(35)46(60)49(9,66-45)64-24-15-34(63-11)31(6)44(65-48(62)56-22-20-54(10)21-23-56)32(7)41(57)30(5)25-28(3)13-12-14-29(4)47(61)51-40(43(36)59)39(38)53-50/h12-15,24,27-28,30-32,34,41,44,57-59H,16-23,25-26H2,1-11H3,(H,51,61)/b13-12+,24-15+,29-14-/t28-,30+,31+,32+,34-,41?,44?,49?/m0/s1. The summed E-state index contributed by atoms with van der Waals surface area (Å²) in [6.45, 7) is 21.6. The van der Waals surface area contributed by atoms with Crippen molar-refractivity contribution in [1.82, 2.24) is 14.7 Å². The maximum absolute atomic E-state index is 14.9. The van der Waals surface area contributed by atoms with Crippen LogP contribution < -0.4 is 20.8 Å². The van der Waals surface area contributed by atoms with Gasteiger partial charge in [-0.2, -0.15) is 0 Å². The zero-order valence-electron chi connectivity index (χ0n) is 40.5. The third-order valence-corrected chi connectivity index (χ3v) is 14.3. The molecule has 5 bridgehead atoms. The number of carbonyl (C=O) groups excluding carboxylic acids is 3. The van der Waals surface area contributed by atoms with Crippen molar-refractivity contribution in [3.63, 3.8) is 0 Å². The van der Waals surface area contributed by atoms with Gasteiger partial charge < -0.3 is 54.3 Å². The van der Waals surface area contributed by atoms with Crippen molar-refractivity contribution < 1.29 is 48.7 Å². The number of ketones is 1. The number of piperidine rings is 1. The van der Waals surface area contributed by atoms with Crippen molar-refractivity contribution in [3.05, 3.63) is 58.0 Å². The summed E-state index contributed by atoms with van der Waals surface area (Å²) >= 11 is 0. The maximum atomic E-state index is 14.9. The topological polar surface area (TPSA) is 195 Å². The Labute approximate surface area is 388 Å². The third-order valence-electron chi connectivity index (χ3n) is 14.3. The minimum Gasteiger partial charge on any atom is -0.507 e. The highest BCUT2D eigenvalue weighted by Crippen LogP contribution is 2.50. The molecule has 360 valence electrons. The number of fused-ring (bicyclic) bond motifs is 13. The lowest BCUT2D eigenvalue weighted by atomic mass is 9.79. The number of amides is 2. The Bertz CT molecular complexity index is 2430.